The predicted octanol–water partition coefficient (Wildman–Crippen LogP) is 5.19. The highest BCUT2D eigenvalue weighted by Gasteiger charge is 2.31. The number of aryl methyl sites for hydroxylation is 2. The number of aromatic amines is 1. The number of hydrogen-bond donors (Lipinski definition) is 2. The Morgan fingerprint density at radius 3 is 2.68 bits per heavy atom. The lowest BCUT2D eigenvalue weighted by atomic mass is 9.99. The molecule has 0 bridgehead atoms. The Bertz CT molecular complexity index is 1690. The average Bonchev–Trinajstić information content (AvgIpc) is 3.60. The van der Waals surface area contributed by atoms with Gasteiger partial charge in [0.05, 0.1) is 17.6 Å². The number of H-pyrrole nitrogens is 1. The van der Waals surface area contributed by atoms with E-state index in [1.165, 1.54) is 18.3 Å². The minimum absolute atomic E-state index is 0.203. The van der Waals surface area contributed by atoms with E-state index in [4.69, 9.17) is 0 Å². The van der Waals surface area contributed by atoms with Gasteiger partial charge in [-0.1, -0.05) is 11.3 Å². The molecule has 9 nitrogen and oxygen atoms in total. The monoisotopic (exact) mass is 560 g/mol. The Morgan fingerprint density at radius 2 is 1.93 bits per heavy atom. The van der Waals surface area contributed by atoms with E-state index in [-0.39, 0.29) is 18.1 Å². The van der Waals surface area contributed by atoms with Crippen molar-refractivity contribution in [2.75, 3.05) is 0 Å². The van der Waals surface area contributed by atoms with Crippen molar-refractivity contribution in [2.24, 2.45) is 0 Å². The number of fused-ring (bicyclic) bond motifs is 1. The molecule has 2 N–H and O–H groups in total. The molecular formula is C29H27F3N8O. The molecule has 0 aliphatic heterocycles. The van der Waals surface area contributed by atoms with Crippen molar-refractivity contribution in [1.82, 2.24) is 40.5 Å². The predicted molar refractivity (Wildman–Crippen MR) is 144 cm³/mol. The van der Waals surface area contributed by atoms with Crippen molar-refractivity contribution < 1.29 is 18.0 Å². The third-order valence-electron chi connectivity index (χ3n) is 7.14. The van der Waals surface area contributed by atoms with Gasteiger partial charge in [0.2, 0.25) is 0 Å². The lowest BCUT2D eigenvalue weighted by Crippen LogP contribution is -2.23. The molecule has 0 atom stereocenters. The summed E-state index contributed by atoms with van der Waals surface area (Å²) < 4.78 is 42.6. The lowest BCUT2D eigenvalue weighted by molar-refractivity contribution is 0.0945. The number of halogens is 3. The Morgan fingerprint density at radius 1 is 1.05 bits per heavy atom. The van der Waals surface area contributed by atoms with E-state index in [1.54, 1.807) is 23.0 Å². The maximum Gasteiger partial charge on any atom is 0.273 e. The Hall–Kier alpha value is -4.61. The van der Waals surface area contributed by atoms with Crippen LogP contribution in [-0.4, -0.2) is 41.1 Å². The fourth-order valence-electron chi connectivity index (χ4n) is 4.84. The van der Waals surface area contributed by atoms with Gasteiger partial charge in [-0.05, 0) is 67.9 Å². The van der Waals surface area contributed by atoms with E-state index in [2.05, 4.69) is 35.8 Å². The van der Waals surface area contributed by atoms with E-state index in [1.807, 2.05) is 6.07 Å². The topological polar surface area (TPSA) is 114 Å². The SMILES string of the molecule is O=C(NCc1ccc(CF)nc1)c1cn(CCCCc2cc3c(-c4ccc(F)cc4F)c(C4CC4)[nH]c3nn2)nn1. The molecule has 0 spiro atoms. The van der Waals surface area contributed by atoms with Gasteiger partial charge in [-0.2, -0.15) is 5.10 Å². The second-order valence-corrected chi connectivity index (χ2v) is 10.2. The fraction of sp³-hybridized carbons (Fsp3) is 0.310. The van der Waals surface area contributed by atoms with Crippen molar-refractivity contribution >= 4 is 16.9 Å². The molecule has 5 aromatic rings. The van der Waals surface area contributed by atoms with Crippen LogP contribution in [0.5, 0.6) is 0 Å². The number of alkyl halides is 1. The molecule has 0 saturated heterocycles. The van der Waals surface area contributed by atoms with Gasteiger partial charge in [0, 0.05) is 47.6 Å². The summed E-state index contributed by atoms with van der Waals surface area (Å²) in [5.74, 6) is -1.26. The second-order valence-electron chi connectivity index (χ2n) is 10.2. The van der Waals surface area contributed by atoms with Crippen molar-refractivity contribution in [3.05, 3.63) is 88.8 Å². The quantitative estimate of drug-likeness (QED) is 0.215. The van der Waals surface area contributed by atoms with E-state index in [9.17, 15) is 18.0 Å². The molecular weight excluding hydrogens is 533 g/mol. The summed E-state index contributed by atoms with van der Waals surface area (Å²) in [6.07, 6.45) is 7.34. The van der Waals surface area contributed by atoms with Crippen LogP contribution in [0.2, 0.25) is 0 Å². The van der Waals surface area contributed by atoms with E-state index in [0.717, 1.165) is 59.7 Å². The van der Waals surface area contributed by atoms with Gasteiger partial charge in [-0.3, -0.25) is 14.5 Å². The van der Waals surface area contributed by atoms with Crippen LogP contribution in [0.4, 0.5) is 13.2 Å². The van der Waals surface area contributed by atoms with Gasteiger partial charge in [0.15, 0.2) is 11.3 Å². The molecule has 1 amide bonds. The molecule has 12 heteroatoms. The van der Waals surface area contributed by atoms with Crippen LogP contribution < -0.4 is 5.32 Å². The number of rotatable bonds is 11. The number of nitrogens with one attached hydrogen (secondary N) is 2. The first-order chi connectivity index (χ1) is 20.0. The van der Waals surface area contributed by atoms with E-state index in [0.29, 0.717) is 35.8 Å². The molecule has 4 heterocycles. The highest BCUT2D eigenvalue weighted by Crippen LogP contribution is 2.47. The fourth-order valence-corrected chi connectivity index (χ4v) is 4.84. The van der Waals surface area contributed by atoms with Crippen molar-refractivity contribution in [2.45, 2.75) is 57.8 Å². The van der Waals surface area contributed by atoms with Crippen LogP contribution in [0.15, 0.2) is 48.8 Å². The number of benzene rings is 1. The molecule has 1 fully saturated rings. The molecule has 1 saturated carbocycles. The molecule has 0 unspecified atom stereocenters. The van der Waals surface area contributed by atoms with Crippen molar-refractivity contribution in [3.63, 3.8) is 0 Å². The first-order valence-corrected chi connectivity index (χ1v) is 13.5. The highest BCUT2D eigenvalue weighted by molar-refractivity contribution is 5.96. The summed E-state index contributed by atoms with van der Waals surface area (Å²) in [5, 5.41) is 20.2. The lowest BCUT2D eigenvalue weighted by Gasteiger charge is -2.07. The summed E-state index contributed by atoms with van der Waals surface area (Å²) >= 11 is 0. The molecule has 1 aromatic carbocycles. The Labute approximate surface area is 233 Å². The van der Waals surface area contributed by atoms with Crippen LogP contribution >= 0.6 is 0 Å². The molecule has 1 aliphatic rings. The van der Waals surface area contributed by atoms with Crippen molar-refractivity contribution in [3.8, 4) is 11.1 Å². The van der Waals surface area contributed by atoms with Crippen LogP contribution in [-0.2, 0) is 26.2 Å². The number of pyridine rings is 1. The summed E-state index contributed by atoms with van der Waals surface area (Å²) in [4.78, 5) is 19.7. The molecule has 41 heavy (non-hydrogen) atoms. The molecule has 210 valence electrons. The number of carbonyl (C=O) groups excluding carboxylic acids is 1. The van der Waals surface area contributed by atoms with Crippen molar-refractivity contribution in [1.29, 1.82) is 0 Å². The first-order valence-electron chi connectivity index (χ1n) is 13.5. The third kappa shape index (κ3) is 5.96. The summed E-state index contributed by atoms with van der Waals surface area (Å²) in [7, 11) is 0. The van der Waals surface area contributed by atoms with Gasteiger partial charge < -0.3 is 10.3 Å². The summed E-state index contributed by atoms with van der Waals surface area (Å²) in [5.41, 5.74) is 4.68. The summed E-state index contributed by atoms with van der Waals surface area (Å²) in [6, 6.07) is 8.88. The normalized spacial score (nSPS) is 13.1. The second kappa shape index (κ2) is 11.5. The number of nitrogens with zero attached hydrogens (tertiary/aromatic N) is 6. The van der Waals surface area contributed by atoms with Gasteiger partial charge >= 0.3 is 0 Å². The number of unbranched alkanes of at least 4 members (excludes halogenated alkanes) is 1. The van der Waals surface area contributed by atoms with Gasteiger partial charge in [0.25, 0.3) is 5.91 Å². The smallest absolute Gasteiger partial charge is 0.273 e. The maximum absolute atomic E-state index is 14.8. The zero-order chi connectivity index (χ0) is 28.3. The first kappa shape index (κ1) is 26.6. The average molecular weight is 561 g/mol. The zero-order valence-corrected chi connectivity index (χ0v) is 22.1. The largest absolute Gasteiger partial charge is 0.346 e. The molecule has 6 rings (SSSR count). The van der Waals surface area contributed by atoms with Crippen LogP contribution in [0.1, 0.15) is 64.7 Å². The van der Waals surface area contributed by atoms with Crippen LogP contribution in [0.3, 0.4) is 0 Å². The Balaban J connectivity index is 1.06. The standard InChI is InChI=1S/C29H27F3N8O/c30-13-21-8-4-17(14-33-21)15-34-29(41)25-16-40(39-37-25)10-2-1-3-20-12-23-26(22-9-7-19(31)11-24(22)32)27(18-5-6-18)35-28(23)38-36-20/h4,7-9,11-12,14,16,18H,1-3,5-6,10,13,15H2,(H,34,41)(H,35,38). The molecule has 0 radical (unpaired) electrons. The molecule has 1 aliphatic carbocycles. The van der Waals surface area contributed by atoms with Gasteiger partial charge in [-0.25, -0.2) is 13.2 Å². The molecule has 4 aromatic heterocycles. The maximum atomic E-state index is 14.8. The number of carbonyl (C=O) groups is 1. The summed E-state index contributed by atoms with van der Waals surface area (Å²) in [6.45, 7) is 0.175. The Kier molecular flexibility index (Phi) is 7.45. The van der Waals surface area contributed by atoms with E-state index < -0.39 is 18.3 Å². The van der Waals surface area contributed by atoms with Gasteiger partial charge in [-0.15, -0.1) is 10.2 Å². The van der Waals surface area contributed by atoms with Gasteiger partial charge in [0.1, 0.15) is 18.3 Å². The van der Waals surface area contributed by atoms with Crippen LogP contribution in [0, 0.1) is 11.6 Å². The van der Waals surface area contributed by atoms with E-state index >= 15 is 0 Å². The third-order valence-corrected chi connectivity index (χ3v) is 7.14. The number of hydrogen-bond acceptors (Lipinski definition) is 6. The minimum Gasteiger partial charge on any atom is -0.346 e. The van der Waals surface area contributed by atoms with Crippen LogP contribution in [0.25, 0.3) is 22.2 Å². The number of aromatic nitrogens is 7. The zero-order valence-electron chi connectivity index (χ0n) is 22.1. The minimum atomic E-state index is -0.633. The highest BCUT2D eigenvalue weighted by atomic mass is 19.1. The number of amides is 1.